The van der Waals surface area contributed by atoms with Crippen molar-refractivity contribution in [3.05, 3.63) is 24.3 Å². The molecule has 0 aliphatic carbocycles. The number of ether oxygens (including phenoxy) is 2. The SMILES string of the molecule is CCOC(CCOc1ccc(SC)cc1)C(=O)O. The van der Waals surface area contributed by atoms with Gasteiger partial charge >= 0.3 is 5.97 Å². The quantitative estimate of drug-likeness (QED) is 0.736. The summed E-state index contributed by atoms with van der Waals surface area (Å²) in [6, 6.07) is 7.69. The summed E-state index contributed by atoms with van der Waals surface area (Å²) in [6.07, 6.45) is 1.56. The van der Waals surface area contributed by atoms with Crippen molar-refractivity contribution in [1.82, 2.24) is 0 Å². The summed E-state index contributed by atoms with van der Waals surface area (Å²) < 4.78 is 10.6. The first-order valence-corrected chi connectivity index (χ1v) is 7.01. The van der Waals surface area contributed by atoms with E-state index in [-0.39, 0.29) is 0 Å². The van der Waals surface area contributed by atoms with Gasteiger partial charge in [0.15, 0.2) is 6.10 Å². The summed E-state index contributed by atoms with van der Waals surface area (Å²) in [5.41, 5.74) is 0. The van der Waals surface area contributed by atoms with Crippen LogP contribution in [-0.4, -0.2) is 36.6 Å². The van der Waals surface area contributed by atoms with Gasteiger partial charge in [0.2, 0.25) is 0 Å². The molecule has 1 unspecified atom stereocenters. The second-order valence-corrected chi connectivity index (χ2v) is 4.47. The van der Waals surface area contributed by atoms with Crippen molar-refractivity contribution >= 4 is 17.7 Å². The Hall–Kier alpha value is -1.20. The summed E-state index contributed by atoms with van der Waals surface area (Å²) in [7, 11) is 0. The van der Waals surface area contributed by atoms with Gasteiger partial charge in [0.05, 0.1) is 6.61 Å². The highest BCUT2D eigenvalue weighted by Crippen LogP contribution is 2.19. The molecule has 1 N–H and O–H groups in total. The fraction of sp³-hybridized carbons (Fsp3) is 0.462. The van der Waals surface area contributed by atoms with E-state index in [2.05, 4.69) is 0 Å². The Labute approximate surface area is 111 Å². The zero-order valence-corrected chi connectivity index (χ0v) is 11.4. The Bertz CT molecular complexity index is 364. The molecule has 0 fully saturated rings. The summed E-state index contributed by atoms with van der Waals surface area (Å²) in [4.78, 5) is 12.0. The number of benzene rings is 1. The largest absolute Gasteiger partial charge is 0.493 e. The third-order valence-corrected chi connectivity index (χ3v) is 3.10. The maximum atomic E-state index is 10.8. The molecule has 0 bridgehead atoms. The molecular formula is C13H18O4S. The average Bonchev–Trinajstić information content (AvgIpc) is 2.38. The first-order chi connectivity index (χ1) is 8.67. The molecule has 0 amide bonds. The number of carboxylic acids is 1. The second-order valence-electron chi connectivity index (χ2n) is 3.59. The van der Waals surface area contributed by atoms with E-state index in [1.54, 1.807) is 18.7 Å². The van der Waals surface area contributed by atoms with E-state index in [0.29, 0.717) is 19.6 Å². The van der Waals surface area contributed by atoms with Crippen LogP contribution in [0.15, 0.2) is 29.2 Å². The van der Waals surface area contributed by atoms with Crippen molar-refractivity contribution in [2.75, 3.05) is 19.5 Å². The number of thioether (sulfide) groups is 1. The van der Waals surface area contributed by atoms with Crippen molar-refractivity contribution in [1.29, 1.82) is 0 Å². The van der Waals surface area contributed by atoms with Gasteiger partial charge in [-0.2, -0.15) is 0 Å². The number of carbonyl (C=O) groups is 1. The number of hydrogen-bond acceptors (Lipinski definition) is 4. The number of aliphatic carboxylic acids is 1. The van der Waals surface area contributed by atoms with Crippen LogP contribution < -0.4 is 4.74 Å². The molecule has 1 atom stereocenters. The lowest BCUT2D eigenvalue weighted by Crippen LogP contribution is -2.26. The minimum Gasteiger partial charge on any atom is -0.493 e. The predicted octanol–water partition coefficient (Wildman–Crippen LogP) is 2.67. The Morgan fingerprint density at radius 1 is 1.39 bits per heavy atom. The fourth-order valence-corrected chi connectivity index (χ4v) is 1.84. The third kappa shape index (κ3) is 4.98. The molecule has 1 rings (SSSR count). The van der Waals surface area contributed by atoms with E-state index >= 15 is 0 Å². The van der Waals surface area contributed by atoms with Gasteiger partial charge in [-0.1, -0.05) is 0 Å². The van der Waals surface area contributed by atoms with E-state index in [0.717, 1.165) is 5.75 Å². The van der Waals surface area contributed by atoms with Crippen LogP contribution in [0, 0.1) is 0 Å². The van der Waals surface area contributed by atoms with E-state index in [1.807, 2.05) is 30.5 Å². The molecule has 1 aromatic carbocycles. The van der Waals surface area contributed by atoms with Crippen LogP contribution in [0.25, 0.3) is 0 Å². The predicted molar refractivity (Wildman–Crippen MR) is 71.4 cm³/mol. The fourth-order valence-electron chi connectivity index (χ4n) is 1.44. The summed E-state index contributed by atoms with van der Waals surface area (Å²) in [5.74, 6) is -0.202. The Morgan fingerprint density at radius 3 is 2.56 bits per heavy atom. The smallest absolute Gasteiger partial charge is 0.332 e. The highest BCUT2D eigenvalue weighted by molar-refractivity contribution is 7.98. The van der Waals surface area contributed by atoms with Crippen LogP contribution in [0.1, 0.15) is 13.3 Å². The Kier molecular flexibility index (Phi) is 6.60. The molecule has 0 heterocycles. The number of rotatable bonds is 8. The lowest BCUT2D eigenvalue weighted by molar-refractivity contribution is -0.150. The zero-order valence-electron chi connectivity index (χ0n) is 10.6. The molecule has 0 radical (unpaired) electrons. The van der Waals surface area contributed by atoms with E-state index < -0.39 is 12.1 Å². The molecule has 100 valence electrons. The molecule has 5 heteroatoms. The normalized spacial score (nSPS) is 12.1. The molecule has 0 aliphatic heterocycles. The first kappa shape index (κ1) is 14.9. The van der Waals surface area contributed by atoms with Crippen LogP contribution in [0.4, 0.5) is 0 Å². The summed E-state index contributed by atoms with van der Waals surface area (Å²) in [6.45, 7) is 2.49. The van der Waals surface area contributed by atoms with Crippen LogP contribution in [0.5, 0.6) is 5.75 Å². The van der Waals surface area contributed by atoms with Gasteiger partial charge in [-0.05, 0) is 37.4 Å². The molecule has 18 heavy (non-hydrogen) atoms. The van der Waals surface area contributed by atoms with Gasteiger partial charge in [0, 0.05) is 17.9 Å². The Balaban J connectivity index is 2.37. The van der Waals surface area contributed by atoms with Crippen molar-refractivity contribution in [3.63, 3.8) is 0 Å². The molecule has 0 saturated carbocycles. The Morgan fingerprint density at radius 2 is 2.06 bits per heavy atom. The minimum atomic E-state index is -0.946. The molecule has 0 saturated heterocycles. The van der Waals surface area contributed by atoms with Gasteiger partial charge in [0.25, 0.3) is 0 Å². The van der Waals surface area contributed by atoms with Gasteiger partial charge in [0.1, 0.15) is 5.75 Å². The van der Waals surface area contributed by atoms with Gasteiger partial charge < -0.3 is 14.6 Å². The zero-order chi connectivity index (χ0) is 13.4. The van der Waals surface area contributed by atoms with Gasteiger partial charge in [-0.3, -0.25) is 0 Å². The van der Waals surface area contributed by atoms with Crippen LogP contribution in [0.2, 0.25) is 0 Å². The van der Waals surface area contributed by atoms with E-state index in [9.17, 15) is 4.79 Å². The first-order valence-electron chi connectivity index (χ1n) is 5.78. The minimum absolute atomic E-state index is 0.329. The number of hydrogen-bond donors (Lipinski definition) is 1. The maximum Gasteiger partial charge on any atom is 0.332 e. The van der Waals surface area contributed by atoms with Crippen molar-refractivity contribution in [2.45, 2.75) is 24.3 Å². The second kappa shape index (κ2) is 8.00. The molecule has 0 aliphatic rings. The van der Waals surface area contributed by atoms with E-state index in [1.165, 1.54) is 4.90 Å². The summed E-state index contributed by atoms with van der Waals surface area (Å²) >= 11 is 1.66. The molecule has 0 aromatic heterocycles. The maximum absolute atomic E-state index is 10.8. The van der Waals surface area contributed by atoms with Crippen LogP contribution in [0.3, 0.4) is 0 Å². The van der Waals surface area contributed by atoms with Crippen LogP contribution in [-0.2, 0) is 9.53 Å². The molecular weight excluding hydrogens is 252 g/mol. The van der Waals surface area contributed by atoms with Gasteiger partial charge in [-0.15, -0.1) is 11.8 Å². The molecule has 1 aromatic rings. The molecule has 0 spiro atoms. The lowest BCUT2D eigenvalue weighted by Gasteiger charge is -2.13. The van der Waals surface area contributed by atoms with Crippen molar-refractivity contribution < 1.29 is 19.4 Å². The standard InChI is InChI=1S/C13H18O4S/c1-3-16-12(13(14)15)8-9-17-10-4-6-11(18-2)7-5-10/h4-7,12H,3,8-9H2,1-2H3,(H,14,15). The number of carboxylic acid groups (broad SMARTS) is 1. The van der Waals surface area contributed by atoms with E-state index in [4.69, 9.17) is 14.6 Å². The molecule has 4 nitrogen and oxygen atoms in total. The highest BCUT2D eigenvalue weighted by Gasteiger charge is 2.16. The average molecular weight is 270 g/mol. The monoisotopic (exact) mass is 270 g/mol. The lowest BCUT2D eigenvalue weighted by atomic mass is 10.2. The summed E-state index contributed by atoms with van der Waals surface area (Å²) in [5, 5.41) is 8.89. The van der Waals surface area contributed by atoms with Crippen molar-refractivity contribution in [3.8, 4) is 5.75 Å². The van der Waals surface area contributed by atoms with Crippen molar-refractivity contribution in [2.24, 2.45) is 0 Å². The topological polar surface area (TPSA) is 55.8 Å². The highest BCUT2D eigenvalue weighted by atomic mass is 32.2. The van der Waals surface area contributed by atoms with Crippen LogP contribution >= 0.6 is 11.8 Å². The third-order valence-electron chi connectivity index (χ3n) is 2.35. The van der Waals surface area contributed by atoms with Gasteiger partial charge in [-0.25, -0.2) is 4.79 Å².